The number of alkyl halides is 3. The van der Waals surface area contributed by atoms with E-state index >= 15 is 0 Å². The Hall–Kier alpha value is -4.59. The molecular formula is C28H21F3N2O3. The van der Waals surface area contributed by atoms with Crippen molar-refractivity contribution in [2.45, 2.75) is 12.3 Å². The molecule has 5 rings (SSSR count). The minimum Gasteiger partial charge on any atom is -0.508 e. The Balaban J connectivity index is 1.88. The Bertz CT molecular complexity index is 1390. The van der Waals surface area contributed by atoms with Crippen LogP contribution in [0.2, 0.25) is 0 Å². The van der Waals surface area contributed by atoms with Crippen LogP contribution in [-0.4, -0.2) is 26.6 Å². The largest absolute Gasteiger partial charge is 0.508 e. The van der Waals surface area contributed by atoms with E-state index in [-0.39, 0.29) is 28.5 Å². The third-order valence-electron chi connectivity index (χ3n) is 5.99. The van der Waals surface area contributed by atoms with Crippen LogP contribution in [0.15, 0.2) is 103 Å². The fourth-order valence-electron chi connectivity index (χ4n) is 4.48. The van der Waals surface area contributed by atoms with E-state index in [1.165, 1.54) is 53.5 Å². The number of phenolic OH excluding ortho intramolecular Hbond substituents is 3. The summed E-state index contributed by atoms with van der Waals surface area (Å²) in [6.07, 6.45) is -4.82. The van der Waals surface area contributed by atoms with Crippen molar-refractivity contribution in [3.8, 4) is 17.2 Å². The van der Waals surface area contributed by atoms with Crippen LogP contribution in [0.1, 0.15) is 22.7 Å². The second-order valence-electron chi connectivity index (χ2n) is 8.31. The number of hydrogen-bond donors (Lipinski definition) is 3. The zero-order chi connectivity index (χ0) is 25.4. The number of hydrogen-bond acceptors (Lipinski definition) is 5. The van der Waals surface area contributed by atoms with Crippen LogP contribution < -0.4 is 5.01 Å². The van der Waals surface area contributed by atoms with E-state index in [0.717, 1.165) is 0 Å². The molecule has 8 heteroatoms. The van der Waals surface area contributed by atoms with Gasteiger partial charge in [0.05, 0.1) is 11.4 Å². The molecule has 1 aliphatic rings. The number of benzene rings is 4. The molecule has 0 saturated heterocycles. The van der Waals surface area contributed by atoms with Gasteiger partial charge in [-0.15, -0.1) is 13.2 Å². The Morgan fingerprint density at radius 1 is 0.583 bits per heavy atom. The molecule has 182 valence electrons. The lowest BCUT2D eigenvalue weighted by molar-refractivity contribution is -0.224. The van der Waals surface area contributed by atoms with Crippen molar-refractivity contribution >= 4 is 17.0 Å². The van der Waals surface area contributed by atoms with Crippen LogP contribution in [0, 0.1) is 0 Å². The van der Waals surface area contributed by atoms with Gasteiger partial charge in [0.2, 0.25) is 0 Å². The van der Waals surface area contributed by atoms with Gasteiger partial charge >= 0.3 is 6.30 Å². The quantitative estimate of drug-likeness (QED) is 0.279. The molecule has 0 bridgehead atoms. The highest BCUT2D eigenvalue weighted by Crippen LogP contribution is 2.54. The predicted molar refractivity (Wildman–Crippen MR) is 131 cm³/mol. The molecule has 0 aliphatic carbocycles. The lowest BCUT2D eigenvalue weighted by Crippen LogP contribution is -2.47. The third-order valence-corrected chi connectivity index (χ3v) is 5.99. The number of nitrogens with zero attached hydrogens (tertiary/aromatic N) is 2. The Kier molecular flexibility index (Phi) is 5.72. The molecule has 1 atom stereocenters. The SMILES string of the molecule is Oc1ccc(C2=C(c3ccc(O)cc3)N(C(F)(F)F)N(c3ccccc3)C2c2ccc(O)cc2)cc1. The average Bonchev–Trinajstić information content (AvgIpc) is 3.23. The van der Waals surface area contributed by atoms with Crippen molar-refractivity contribution in [1.29, 1.82) is 0 Å². The predicted octanol–water partition coefficient (Wildman–Crippen LogP) is 6.67. The molecule has 1 heterocycles. The first kappa shape index (κ1) is 23.2. The standard InChI is InChI=1S/C28H21F3N2O3/c29-28(30,31)33-27(20-10-16-24(36)17-11-20)25(18-6-12-22(34)13-7-18)26(19-8-14-23(35)15-9-19)32(33)21-4-2-1-3-5-21/h1-17,26,34-36H. The van der Waals surface area contributed by atoms with Gasteiger partial charge in [0.25, 0.3) is 0 Å². The highest BCUT2D eigenvalue weighted by Gasteiger charge is 2.52. The third kappa shape index (κ3) is 4.17. The minimum absolute atomic E-state index is 0.00962. The first-order valence-corrected chi connectivity index (χ1v) is 11.1. The minimum atomic E-state index is -4.82. The van der Waals surface area contributed by atoms with E-state index in [9.17, 15) is 28.5 Å². The zero-order valence-corrected chi connectivity index (χ0v) is 18.8. The second-order valence-corrected chi connectivity index (χ2v) is 8.31. The molecule has 3 N–H and O–H groups in total. The van der Waals surface area contributed by atoms with E-state index in [1.807, 2.05) is 0 Å². The lowest BCUT2D eigenvalue weighted by atomic mass is 9.90. The highest BCUT2D eigenvalue weighted by atomic mass is 19.4. The van der Waals surface area contributed by atoms with Crippen molar-refractivity contribution in [3.63, 3.8) is 0 Å². The number of phenols is 3. The van der Waals surface area contributed by atoms with Crippen molar-refractivity contribution in [2.24, 2.45) is 0 Å². The van der Waals surface area contributed by atoms with E-state index < -0.39 is 12.3 Å². The van der Waals surface area contributed by atoms with Gasteiger partial charge in [0.15, 0.2) is 0 Å². The summed E-state index contributed by atoms with van der Waals surface area (Å²) in [6.45, 7) is 0. The molecule has 1 aliphatic heterocycles. The molecule has 0 amide bonds. The van der Waals surface area contributed by atoms with Gasteiger partial charge in [0, 0.05) is 11.1 Å². The van der Waals surface area contributed by atoms with E-state index in [4.69, 9.17) is 0 Å². The average molecular weight is 490 g/mol. The van der Waals surface area contributed by atoms with Crippen molar-refractivity contribution in [3.05, 3.63) is 120 Å². The Morgan fingerprint density at radius 2 is 1.06 bits per heavy atom. The van der Waals surface area contributed by atoms with Crippen LogP contribution in [0.25, 0.3) is 11.3 Å². The molecule has 5 nitrogen and oxygen atoms in total. The summed E-state index contributed by atoms with van der Waals surface area (Å²) in [6, 6.07) is 24.9. The maximum absolute atomic E-state index is 14.9. The van der Waals surface area contributed by atoms with Crippen LogP contribution in [-0.2, 0) is 0 Å². The molecule has 4 aromatic rings. The second kappa shape index (κ2) is 8.88. The molecule has 1 unspecified atom stereocenters. The number of halogens is 3. The van der Waals surface area contributed by atoms with Crippen LogP contribution >= 0.6 is 0 Å². The van der Waals surface area contributed by atoms with Crippen molar-refractivity contribution in [2.75, 3.05) is 5.01 Å². The van der Waals surface area contributed by atoms with Crippen molar-refractivity contribution in [1.82, 2.24) is 5.01 Å². The van der Waals surface area contributed by atoms with Crippen LogP contribution in [0.4, 0.5) is 18.9 Å². The maximum atomic E-state index is 14.9. The first-order chi connectivity index (χ1) is 17.2. The number of aromatic hydroxyl groups is 3. The molecular weight excluding hydrogens is 469 g/mol. The number of anilines is 1. The fourth-order valence-corrected chi connectivity index (χ4v) is 4.48. The summed E-state index contributed by atoms with van der Waals surface area (Å²) in [5, 5.41) is 31.0. The summed E-state index contributed by atoms with van der Waals surface area (Å²) in [7, 11) is 0. The number of para-hydroxylation sites is 1. The van der Waals surface area contributed by atoms with E-state index in [2.05, 4.69) is 0 Å². The molecule has 36 heavy (non-hydrogen) atoms. The van der Waals surface area contributed by atoms with E-state index in [1.54, 1.807) is 54.6 Å². The van der Waals surface area contributed by atoms with Crippen LogP contribution in [0.5, 0.6) is 17.2 Å². The van der Waals surface area contributed by atoms with E-state index in [0.29, 0.717) is 27.4 Å². The van der Waals surface area contributed by atoms with Gasteiger partial charge in [-0.2, -0.15) is 5.01 Å². The molecule has 0 aromatic heterocycles. The summed E-state index contributed by atoms with van der Waals surface area (Å²) in [5.41, 5.74) is 1.76. The molecule has 0 saturated carbocycles. The van der Waals surface area contributed by atoms with Gasteiger partial charge < -0.3 is 15.3 Å². The van der Waals surface area contributed by atoms with Gasteiger partial charge in [0.1, 0.15) is 23.3 Å². The summed E-state index contributed by atoms with van der Waals surface area (Å²) >= 11 is 0. The lowest BCUT2D eigenvalue weighted by Gasteiger charge is -2.38. The van der Waals surface area contributed by atoms with Gasteiger partial charge in [-0.3, -0.25) is 5.01 Å². The molecule has 0 fully saturated rings. The number of rotatable bonds is 4. The Labute approximate surface area is 205 Å². The molecule has 4 aromatic carbocycles. The summed E-state index contributed by atoms with van der Waals surface area (Å²) in [4.78, 5) is 0. The highest BCUT2D eigenvalue weighted by molar-refractivity contribution is 5.98. The topological polar surface area (TPSA) is 67.2 Å². The molecule has 0 spiro atoms. The van der Waals surface area contributed by atoms with Gasteiger partial charge in [-0.1, -0.05) is 42.5 Å². The first-order valence-electron chi connectivity index (χ1n) is 11.1. The Morgan fingerprint density at radius 3 is 1.56 bits per heavy atom. The zero-order valence-electron chi connectivity index (χ0n) is 18.8. The van der Waals surface area contributed by atoms with Crippen LogP contribution in [0.3, 0.4) is 0 Å². The summed E-state index contributed by atoms with van der Waals surface area (Å²) in [5.74, 6) is -0.0981. The smallest absolute Gasteiger partial charge is 0.503 e. The fraction of sp³-hybridized carbons (Fsp3) is 0.0714. The summed E-state index contributed by atoms with van der Waals surface area (Å²) < 4.78 is 44.8. The maximum Gasteiger partial charge on any atom is 0.503 e. The normalized spacial score (nSPS) is 16.0. The van der Waals surface area contributed by atoms with Gasteiger partial charge in [-0.05, 0) is 71.8 Å². The van der Waals surface area contributed by atoms with Gasteiger partial charge in [-0.25, -0.2) is 0 Å². The van der Waals surface area contributed by atoms with Crippen molar-refractivity contribution < 1.29 is 28.5 Å². The monoisotopic (exact) mass is 490 g/mol. The molecule has 0 radical (unpaired) electrons. The number of hydrazine groups is 1.